The molecule has 0 saturated carbocycles. The second-order valence-electron chi connectivity index (χ2n) is 6.00. The molecule has 2 aromatic rings. The van der Waals surface area contributed by atoms with Gasteiger partial charge in [0.1, 0.15) is 6.04 Å². The van der Waals surface area contributed by atoms with Gasteiger partial charge in [-0.1, -0.05) is 23.7 Å². The molecule has 1 atom stereocenters. The molecule has 1 amide bonds. The summed E-state index contributed by atoms with van der Waals surface area (Å²) in [4.78, 5) is 12.6. The number of aryl methyl sites for hydroxylation is 2. The van der Waals surface area contributed by atoms with Gasteiger partial charge in [-0.25, -0.2) is 8.42 Å². The smallest absolute Gasteiger partial charge is 0.247 e. The number of benzene rings is 2. The summed E-state index contributed by atoms with van der Waals surface area (Å²) in [6.07, 6.45) is 1.09. The molecule has 2 rings (SSSR count). The number of nitrogens with zero attached hydrogens (tertiary/aromatic N) is 1. The van der Waals surface area contributed by atoms with Crippen LogP contribution in [0.1, 0.15) is 18.1 Å². The predicted molar refractivity (Wildman–Crippen MR) is 103 cm³/mol. The average Bonchev–Trinajstić information content (AvgIpc) is 2.49. The van der Waals surface area contributed by atoms with Crippen molar-refractivity contribution in [3.63, 3.8) is 0 Å². The Hall–Kier alpha value is -2.05. The molecule has 0 aliphatic heterocycles. The van der Waals surface area contributed by atoms with E-state index in [9.17, 15) is 13.2 Å². The van der Waals surface area contributed by atoms with Crippen LogP contribution >= 0.6 is 11.6 Å². The van der Waals surface area contributed by atoms with Gasteiger partial charge in [-0.05, 0) is 62.2 Å². The first-order valence-electron chi connectivity index (χ1n) is 7.72. The fraction of sp³-hybridized carbons (Fsp3) is 0.278. The van der Waals surface area contributed by atoms with Gasteiger partial charge in [0.15, 0.2) is 0 Å². The summed E-state index contributed by atoms with van der Waals surface area (Å²) in [5.41, 5.74) is 2.97. The van der Waals surface area contributed by atoms with Crippen LogP contribution in [0.15, 0.2) is 42.5 Å². The maximum absolute atomic E-state index is 12.6. The molecule has 0 heterocycles. The minimum atomic E-state index is -3.65. The van der Waals surface area contributed by atoms with E-state index in [2.05, 4.69) is 5.32 Å². The summed E-state index contributed by atoms with van der Waals surface area (Å²) in [6, 6.07) is 11.1. The molecule has 0 bridgehead atoms. The van der Waals surface area contributed by atoms with Crippen LogP contribution < -0.4 is 9.62 Å². The number of carbonyl (C=O) groups is 1. The summed E-state index contributed by atoms with van der Waals surface area (Å²) in [5.74, 6) is -0.439. The number of carbonyl (C=O) groups excluding carboxylic acids is 1. The highest BCUT2D eigenvalue weighted by Gasteiger charge is 2.29. The maximum atomic E-state index is 12.6. The van der Waals surface area contributed by atoms with Gasteiger partial charge in [-0.2, -0.15) is 0 Å². The van der Waals surface area contributed by atoms with Crippen molar-refractivity contribution in [2.75, 3.05) is 15.9 Å². The largest absolute Gasteiger partial charge is 0.324 e. The van der Waals surface area contributed by atoms with E-state index in [0.29, 0.717) is 16.4 Å². The Morgan fingerprint density at radius 1 is 1.12 bits per heavy atom. The zero-order chi connectivity index (χ0) is 18.8. The van der Waals surface area contributed by atoms with E-state index in [1.54, 1.807) is 43.3 Å². The van der Waals surface area contributed by atoms with Crippen LogP contribution in [-0.2, 0) is 14.8 Å². The fourth-order valence-electron chi connectivity index (χ4n) is 2.48. The van der Waals surface area contributed by atoms with E-state index in [0.717, 1.165) is 21.7 Å². The fourth-order valence-corrected chi connectivity index (χ4v) is 3.84. The second kappa shape index (κ2) is 7.45. The number of hydrogen-bond acceptors (Lipinski definition) is 3. The van der Waals surface area contributed by atoms with Gasteiger partial charge in [-0.3, -0.25) is 9.10 Å². The monoisotopic (exact) mass is 380 g/mol. The molecule has 2 aromatic carbocycles. The van der Waals surface area contributed by atoms with Gasteiger partial charge in [0.05, 0.1) is 11.9 Å². The van der Waals surface area contributed by atoms with Crippen LogP contribution in [0.2, 0.25) is 5.02 Å². The van der Waals surface area contributed by atoms with Crippen molar-refractivity contribution in [2.24, 2.45) is 0 Å². The molecule has 0 spiro atoms. The maximum Gasteiger partial charge on any atom is 0.247 e. The van der Waals surface area contributed by atoms with E-state index in [4.69, 9.17) is 11.6 Å². The van der Waals surface area contributed by atoms with Gasteiger partial charge in [-0.15, -0.1) is 0 Å². The molecule has 7 heteroatoms. The lowest BCUT2D eigenvalue weighted by Crippen LogP contribution is -2.45. The van der Waals surface area contributed by atoms with Crippen molar-refractivity contribution in [1.29, 1.82) is 0 Å². The highest BCUT2D eigenvalue weighted by Crippen LogP contribution is 2.24. The van der Waals surface area contributed by atoms with Crippen LogP contribution in [0.4, 0.5) is 11.4 Å². The van der Waals surface area contributed by atoms with Crippen molar-refractivity contribution in [3.05, 3.63) is 58.6 Å². The predicted octanol–water partition coefficient (Wildman–Crippen LogP) is 3.75. The van der Waals surface area contributed by atoms with E-state index in [1.807, 2.05) is 19.9 Å². The number of amides is 1. The molecule has 0 aliphatic rings. The first-order valence-corrected chi connectivity index (χ1v) is 9.95. The molecule has 0 aliphatic carbocycles. The first kappa shape index (κ1) is 19.3. The zero-order valence-corrected chi connectivity index (χ0v) is 16.1. The van der Waals surface area contributed by atoms with Crippen molar-refractivity contribution in [1.82, 2.24) is 0 Å². The Kier molecular flexibility index (Phi) is 5.75. The lowest BCUT2D eigenvalue weighted by Gasteiger charge is -2.28. The number of rotatable bonds is 5. The van der Waals surface area contributed by atoms with Gasteiger partial charge < -0.3 is 5.32 Å². The first-order chi connectivity index (χ1) is 11.6. The van der Waals surface area contributed by atoms with E-state index >= 15 is 0 Å². The molecule has 0 unspecified atom stereocenters. The van der Waals surface area contributed by atoms with Gasteiger partial charge in [0.25, 0.3) is 0 Å². The van der Waals surface area contributed by atoms with E-state index in [1.165, 1.54) is 0 Å². The normalized spacial score (nSPS) is 12.5. The molecule has 134 valence electrons. The third-order valence-corrected chi connectivity index (χ3v) is 5.40. The van der Waals surface area contributed by atoms with Crippen LogP contribution in [-0.4, -0.2) is 26.6 Å². The van der Waals surface area contributed by atoms with Crippen molar-refractivity contribution in [2.45, 2.75) is 26.8 Å². The Labute approximate surface area is 153 Å². The van der Waals surface area contributed by atoms with Crippen molar-refractivity contribution < 1.29 is 13.2 Å². The lowest BCUT2D eigenvalue weighted by molar-refractivity contribution is -0.116. The standard InChI is InChI=1S/C18H21ClN2O3S/c1-12-8-9-17(10-13(12)2)21(25(4,23)24)14(3)18(22)20-16-7-5-6-15(19)11-16/h5-11,14H,1-4H3,(H,20,22)/t14-/m1/s1. The molecule has 0 aromatic heterocycles. The Bertz CT molecular complexity index is 897. The van der Waals surface area contributed by atoms with Crippen LogP contribution in [0, 0.1) is 13.8 Å². The summed E-state index contributed by atoms with van der Waals surface area (Å²) >= 11 is 5.91. The van der Waals surface area contributed by atoms with Gasteiger partial charge >= 0.3 is 0 Å². The third-order valence-electron chi connectivity index (χ3n) is 3.93. The number of hydrogen-bond donors (Lipinski definition) is 1. The zero-order valence-electron chi connectivity index (χ0n) is 14.6. The number of anilines is 2. The van der Waals surface area contributed by atoms with Gasteiger partial charge in [0.2, 0.25) is 15.9 Å². The van der Waals surface area contributed by atoms with Crippen molar-refractivity contribution in [3.8, 4) is 0 Å². The molecule has 5 nitrogen and oxygen atoms in total. The molecular formula is C18H21ClN2O3S. The van der Waals surface area contributed by atoms with Crippen LogP contribution in [0.3, 0.4) is 0 Å². The van der Waals surface area contributed by atoms with Crippen LogP contribution in [0.25, 0.3) is 0 Å². The molecular weight excluding hydrogens is 360 g/mol. The van der Waals surface area contributed by atoms with Crippen molar-refractivity contribution >= 4 is 38.9 Å². The Morgan fingerprint density at radius 2 is 1.80 bits per heavy atom. The Morgan fingerprint density at radius 3 is 2.36 bits per heavy atom. The third kappa shape index (κ3) is 4.74. The molecule has 25 heavy (non-hydrogen) atoms. The molecule has 0 fully saturated rings. The minimum Gasteiger partial charge on any atom is -0.324 e. The summed E-state index contributed by atoms with van der Waals surface area (Å²) in [7, 11) is -3.65. The molecule has 0 radical (unpaired) electrons. The number of halogens is 1. The molecule has 0 saturated heterocycles. The highest BCUT2D eigenvalue weighted by atomic mass is 35.5. The number of nitrogens with one attached hydrogen (secondary N) is 1. The topological polar surface area (TPSA) is 66.5 Å². The lowest BCUT2D eigenvalue weighted by atomic mass is 10.1. The molecule has 1 N–H and O–H groups in total. The SMILES string of the molecule is Cc1ccc(N([C@H](C)C(=O)Nc2cccc(Cl)c2)S(C)(=O)=O)cc1C. The summed E-state index contributed by atoms with van der Waals surface area (Å²) in [5, 5.41) is 3.19. The highest BCUT2D eigenvalue weighted by molar-refractivity contribution is 7.92. The average molecular weight is 381 g/mol. The Balaban J connectivity index is 2.34. The summed E-state index contributed by atoms with van der Waals surface area (Å²) in [6.45, 7) is 5.39. The summed E-state index contributed by atoms with van der Waals surface area (Å²) < 4.78 is 25.7. The van der Waals surface area contributed by atoms with Crippen LogP contribution in [0.5, 0.6) is 0 Å². The second-order valence-corrected chi connectivity index (χ2v) is 8.30. The van der Waals surface area contributed by atoms with Gasteiger partial charge in [0, 0.05) is 10.7 Å². The van der Waals surface area contributed by atoms with E-state index < -0.39 is 22.0 Å². The minimum absolute atomic E-state index is 0.439. The number of sulfonamides is 1. The quantitative estimate of drug-likeness (QED) is 0.858. The van der Waals surface area contributed by atoms with E-state index in [-0.39, 0.29) is 0 Å².